The number of carbonyl (C=O) groups is 2. The summed E-state index contributed by atoms with van der Waals surface area (Å²) in [5.74, 6) is -0.101. The summed E-state index contributed by atoms with van der Waals surface area (Å²) >= 11 is 0. The van der Waals surface area contributed by atoms with Gasteiger partial charge in [-0.2, -0.15) is 0 Å². The molecule has 0 aromatic heterocycles. The number of rotatable bonds is 2. The van der Waals surface area contributed by atoms with Crippen LogP contribution in [-0.2, 0) is 9.59 Å². The molecule has 0 aromatic carbocycles. The van der Waals surface area contributed by atoms with E-state index in [0.717, 1.165) is 12.8 Å². The van der Waals surface area contributed by atoms with Gasteiger partial charge in [-0.1, -0.05) is 19.8 Å². The standard InChI is InChI=1S/C13H19NO3/c1-9-4-3-5-13(17,7-9)8-14-11(15)6-10(2)12(14)16/h6,9,17H,3-5,7-8H2,1-2H3. The molecule has 0 bridgehead atoms. The number of carbonyl (C=O) groups excluding carboxylic acids is 2. The van der Waals surface area contributed by atoms with Crippen LogP contribution in [-0.4, -0.2) is 34.0 Å². The molecule has 94 valence electrons. The molecule has 1 fully saturated rings. The highest BCUT2D eigenvalue weighted by molar-refractivity contribution is 6.15. The lowest BCUT2D eigenvalue weighted by atomic mass is 9.78. The predicted molar refractivity (Wildman–Crippen MR) is 63.1 cm³/mol. The van der Waals surface area contributed by atoms with Crippen molar-refractivity contribution in [3.05, 3.63) is 11.6 Å². The maximum atomic E-state index is 11.7. The summed E-state index contributed by atoms with van der Waals surface area (Å²) in [6, 6.07) is 0. The number of imide groups is 1. The summed E-state index contributed by atoms with van der Waals surface area (Å²) in [6.45, 7) is 3.87. The van der Waals surface area contributed by atoms with E-state index in [2.05, 4.69) is 6.92 Å². The van der Waals surface area contributed by atoms with Gasteiger partial charge in [-0.15, -0.1) is 0 Å². The van der Waals surface area contributed by atoms with Crippen molar-refractivity contribution in [3.63, 3.8) is 0 Å². The van der Waals surface area contributed by atoms with Crippen LogP contribution >= 0.6 is 0 Å². The normalized spacial score (nSPS) is 34.2. The molecule has 2 aliphatic rings. The summed E-state index contributed by atoms with van der Waals surface area (Å²) < 4.78 is 0. The van der Waals surface area contributed by atoms with Gasteiger partial charge in [0.15, 0.2) is 0 Å². The third-order valence-electron chi connectivity index (χ3n) is 3.71. The second kappa shape index (κ2) is 4.26. The highest BCUT2D eigenvalue weighted by atomic mass is 16.3. The SMILES string of the molecule is CC1=CC(=O)N(CC2(O)CCCC(C)C2)C1=O. The highest BCUT2D eigenvalue weighted by Gasteiger charge is 2.39. The largest absolute Gasteiger partial charge is 0.388 e. The molecule has 0 spiro atoms. The average Bonchev–Trinajstić information content (AvgIpc) is 2.44. The fourth-order valence-corrected chi connectivity index (χ4v) is 2.86. The van der Waals surface area contributed by atoms with Gasteiger partial charge in [0.05, 0.1) is 12.1 Å². The van der Waals surface area contributed by atoms with Gasteiger partial charge in [0.25, 0.3) is 11.8 Å². The van der Waals surface area contributed by atoms with Gasteiger partial charge >= 0.3 is 0 Å². The van der Waals surface area contributed by atoms with Crippen LogP contribution < -0.4 is 0 Å². The van der Waals surface area contributed by atoms with Gasteiger partial charge < -0.3 is 5.11 Å². The monoisotopic (exact) mass is 237 g/mol. The Bertz CT molecular complexity index is 388. The van der Waals surface area contributed by atoms with Crippen molar-refractivity contribution in [2.75, 3.05) is 6.54 Å². The summed E-state index contributed by atoms with van der Waals surface area (Å²) in [7, 11) is 0. The van der Waals surface area contributed by atoms with Gasteiger partial charge in [0.1, 0.15) is 0 Å². The zero-order valence-corrected chi connectivity index (χ0v) is 10.4. The van der Waals surface area contributed by atoms with Crippen LogP contribution in [0.5, 0.6) is 0 Å². The Morgan fingerprint density at radius 1 is 1.53 bits per heavy atom. The first-order chi connectivity index (χ1) is 7.91. The first-order valence-electron chi connectivity index (χ1n) is 6.18. The van der Waals surface area contributed by atoms with Gasteiger partial charge in [0.2, 0.25) is 0 Å². The molecule has 1 heterocycles. The number of aliphatic hydroxyl groups is 1. The summed E-state index contributed by atoms with van der Waals surface area (Å²) in [5, 5.41) is 10.5. The third kappa shape index (κ3) is 2.41. The van der Waals surface area contributed by atoms with Crippen LogP contribution in [0.1, 0.15) is 39.5 Å². The average molecular weight is 237 g/mol. The number of hydrogen-bond acceptors (Lipinski definition) is 3. The first kappa shape index (κ1) is 12.3. The first-order valence-corrected chi connectivity index (χ1v) is 6.18. The second-order valence-corrected chi connectivity index (χ2v) is 5.48. The van der Waals surface area contributed by atoms with E-state index in [9.17, 15) is 14.7 Å². The molecule has 1 aliphatic carbocycles. The highest BCUT2D eigenvalue weighted by Crippen LogP contribution is 2.33. The summed E-state index contributed by atoms with van der Waals surface area (Å²) in [6.07, 6.45) is 4.76. The van der Waals surface area contributed by atoms with Crippen LogP contribution in [0, 0.1) is 5.92 Å². The van der Waals surface area contributed by atoms with E-state index in [1.807, 2.05) is 0 Å². The molecule has 0 radical (unpaired) electrons. The van der Waals surface area contributed by atoms with E-state index in [1.54, 1.807) is 6.92 Å². The maximum absolute atomic E-state index is 11.7. The lowest BCUT2D eigenvalue weighted by Gasteiger charge is -2.37. The predicted octanol–water partition coefficient (Wildman–Crippen LogP) is 1.24. The zero-order chi connectivity index (χ0) is 12.6. The molecule has 4 nitrogen and oxygen atoms in total. The Balaban J connectivity index is 2.06. The van der Waals surface area contributed by atoms with Crippen LogP contribution in [0.25, 0.3) is 0 Å². The smallest absolute Gasteiger partial charge is 0.256 e. The molecule has 2 rings (SSSR count). The molecule has 1 aliphatic heterocycles. The quantitative estimate of drug-likeness (QED) is 0.735. The van der Waals surface area contributed by atoms with Gasteiger partial charge in [-0.25, -0.2) is 0 Å². The van der Waals surface area contributed by atoms with Gasteiger partial charge in [0, 0.05) is 11.6 Å². The number of β-amino-alcohol motifs (C(OH)–C–C–N with tert-alkyl or cyclic N) is 1. The Labute approximate surface area is 101 Å². The van der Waals surface area contributed by atoms with E-state index in [1.165, 1.54) is 11.0 Å². The fourth-order valence-electron chi connectivity index (χ4n) is 2.86. The molecule has 1 saturated carbocycles. The fraction of sp³-hybridized carbons (Fsp3) is 0.692. The van der Waals surface area contributed by atoms with Crippen LogP contribution in [0.3, 0.4) is 0 Å². The molecule has 17 heavy (non-hydrogen) atoms. The van der Waals surface area contributed by atoms with Gasteiger partial charge in [-0.3, -0.25) is 14.5 Å². The second-order valence-electron chi connectivity index (χ2n) is 5.48. The molecule has 0 saturated heterocycles. The van der Waals surface area contributed by atoms with E-state index in [-0.39, 0.29) is 18.4 Å². The lowest BCUT2D eigenvalue weighted by Crippen LogP contribution is -2.48. The molecule has 0 aromatic rings. The lowest BCUT2D eigenvalue weighted by molar-refractivity contribution is -0.143. The van der Waals surface area contributed by atoms with Crippen molar-refractivity contribution in [1.82, 2.24) is 4.90 Å². The molecule has 2 unspecified atom stereocenters. The van der Waals surface area contributed by atoms with E-state index in [4.69, 9.17) is 0 Å². The summed E-state index contributed by atoms with van der Waals surface area (Å²) in [4.78, 5) is 24.5. The Kier molecular flexibility index (Phi) is 3.08. The maximum Gasteiger partial charge on any atom is 0.256 e. The minimum Gasteiger partial charge on any atom is -0.388 e. The molecule has 2 atom stereocenters. The Morgan fingerprint density at radius 2 is 2.24 bits per heavy atom. The van der Waals surface area contributed by atoms with E-state index in [0.29, 0.717) is 24.3 Å². The van der Waals surface area contributed by atoms with Crippen molar-refractivity contribution in [1.29, 1.82) is 0 Å². The van der Waals surface area contributed by atoms with Crippen LogP contribution in [0.4, 0.5) is 0 Å². The van der Waals surface area contributed by atoms with Crippen molar-refractivity contribution in [2.45, 2.75) is 45.1 Å². The zero-order valence-electron chi connectivity index (χ0n) is 10.4. The minimum atomic E-state index is -0.887. The van der Waals surface area contributed by atoms with Crippen molar-refractivity contribution < 1.29 is 14.7 Å². The topological polar surface area (TPSA) is 57.6 Å². The molecule has 1 N–H and O–H groups in total. The molecular formula is C13H19NO3. The number of hydrogen-bond donors (Lipinski definition) is 1. The van der Waals surface area contributed by atoms with Crippen molar-refractivity contribution in [3.8, 4) is 0 Å². The van der Waals surface area contributed by atoms with E-state index < -0.39 is 5.60 Å². The Hall–Kier alpha value is -1.16. The summed E-state index contributed by atoms with van der Waals surface area (Å²) in [5.41, 5.74) is -0.427. The van der Waals surface area contributed by atoms with Crippen molar-refractivity contribution >= 4 is 11.8 Å². The molecular weight excluding hydrogens is 218 g/mol. The van der Waals surface area contributed by atoms with Crippen LogP contribution in [0.15, 0.2) is 11.6 Å². The minimum absolute atomic E-state index is 0.142. The molecule has 4 heteroatoms. The van der Waals surface area contributed by atoms with Crippen molar-refractivity contribution in [2.24, 2.45) is 5.92 Å². The van der Waals surface area contributed by atoms with Crippen LogP contribution in [0.2, 0.25) is 0 Å². The van der Waals surface area contributed by atoms with Gasteiger partial charge in [-0.05, 0) is 25.7 Å². The Morgan fingerprint density at radius 3 is 2.76 bits per heavy atom. The molecule has 2 amide bonds. The van der Waals surface area contributed by atoms with E-state index >= 15 is 0 Å². The third-order valence-corrected chi connectivity index (χ3v) is 3.71. The number of amides is 2. The number of nitrogens with zero attached hydrogens (tertiary/aromatic N) is 1.